The molecule has 1 aliphatic heterocycles. The van der Waals surface area contributed by atoms with Crippen molar-refractivity contribution in [3.8, 4) is 0 Å². The van der Waals surface area contributed by atoms with Crippen LogP contribution in [0.5, 0.6) is 0 Å². The minimum atomic E-state index is -0.435. The van der Waals surface area contributed by atoms with Crippen LogP contribution >= 0.6 is 11.6 Å². The summed E-state index contributed by atoms with van der Waals surface area (Å²) in [6.07, 6.45) is 1.98. The summed E-state index contributed by atoms with van der Waals surface area (Å²) in [4.78, 5) is 14.0. The van der Waals surface area contributed by atoms with Crippen molar-refractivity contribution in [3.63, 3.8) is 0 Å². The van der Waals surface area contributed by atoms with Gasteiger partial charge in [-0.3, -0.25) is 9.69 Å². The van der Waals surface area contributed by atoms with Crippen LogP contribution < -0.4 is 5.32 Å². The van der Waals surface area contributed by atoms with Gasteiger partial charge in [0.25, 0.3) is 0 Å². The van der Waals surface area contributed by atoms with Crippen LogP contribution in [-0.4, -0.2) is 42.2 Å². The molecule has 4 nitrogen and oxygen atoms in total. The third-order valence-electron chi connectivity index (χ3n) is 3.43. The first-order valence-electron chi connectivity index (χ1n) is 6.66. The lowest BCUT2D eigenvalue weighted by Crippen LogP contribution is -2.41. The van der Waals surface area contributed by atoms with E-state index in [1.807, 2.05) is 4.90 Å². The Balaban J connectivity index is 1.88. The number of hydrogen-bond donors (Lipinski definition) is 2. The molecule has 0 bridgehead atoms. The fourth-order valence-corrected chi connectivity index (χ4v) is 2.64. The van der Waals surface area contributed by atoms with E-state index in [-0.39, 0.29) is 30.0 Å². The number of rotatable bonds is 4. The first-order chi connectivity index (χ1) is 9.58. The number of aliphatic hydroxyl groups excluding tert-OH is 1. The van der Waals surface area contributed by atoms with Crippen LogP contribution in [0.3, 0.4) is 0 Å². The van der Waals surface area contributed by atoms with Crippen molar-refractivity contribution < 1.29 is 14.3 Å². The van der Waals surface area contributed by atoms with Gasteiger partial charge in [-0.2, -0.15) is 0 Å². The molecule has 6 heteroatoms. The van der Waals surface area contributed by atoms with Gasteiger partial charge >= 0.3 is 0 Å². The van der Waals surface area contributed by atoms with Crippen molar-refractivity contribution in [3.05, 3.63) is 29.0 Å². The first-order valence-corrected chi connectivity index (χ1v) is 7.04. The highest BCUT2D eigenvalue weighted by Gasteiger charge is 2.21. The number of likely N-dealkylation sites (tertiary alicyclic amines) is 1. The lowest BCUT2D eigenvalue weighted by atomic mass is 9.99. The van der Waals surface area contributed by atoms with Gasteiger partial charge in [0.05, 0.1) is 17.3 Å². The molecule has 1 heterocycles. The van der Waals surface area contributed by atoms with Crippen molar-refractivity contribution in [2.45, 2.75) is 12.8 Å². The molecular formula is C14H18ClFN2O2. The zero-order valence-electron chi connectivity index (χ0n) is 11.1. The summed E-state index contributed by atoms with van der Waals surface area (Å²) in [6.45, 7) is 1.98. The SMILES string of the molecule is O=C(CN1CCCC(CO)C1)Nc1ccc(F)cc1Cl. The highest BCUT2D eigenvalue weighted by Crippen LogP contribution is 2.22. The summed E-state index contributed by atoms with van der Waals surface area (Å²) in [5.74, 6) is -0.377. The van der Waals surface area contributed by atoms with Crippen LogP contribution in [0.2, 0.25) is 5.02 Å². The molecule has 1 atom stereocenters. The molecule has 1 amide bonds. The maximum atomic E-state index is 12.9. The van der Waals surface area contributed by atoms with E-state index in [2.05, 4.69) is 5.32 Å². The summed E-state index contributed by atoms with van der Waals surface area (Å²) >= 11 is 5.86. The van der Waals surface area contributed by atoms with Gasteiger partial charge in [-0.05, 0) is 43.5 Å². The number of carbonyl (C=O) groups is 1. The molecule has 1 unspecified atom stereocenters. The van der Waals surface area contributed by atoms with E-state index in [9.17, 15) is 9.18 Å². The fourth-order valence-electron chi connectivity index (χ4n) is 2.43. The maximum absolute atomic E-state index is 12.9. The summed E-state index contributed by atoms with van der Waals surface area (Å²) in [6, 6.07) is 3.87. The Morgan fingerprint density at radius 3 is 3.05 bits per heavy atom. The molecule has 2 N–H and O–H groups in total. The van der Waals surface area contributed by atoms with Gasteiger partial charge in [-0.15, -0.1) is 0 Å². The van der Waals surface area contributed by atoms with E-state index >= 15 is 0 Å². The average molecular weight is 301 g/mol. The second-order valence-electron chi connectivity index (χ2n) is 5.10. The molecule has 1 aromatic rings. The van der Waals surface area contributed by atoms with E-state index < -0.39 is 5.82 Å². The Kier molecular flexibility index (Phi) is 5.34. The number of halogens is 2. The smallest absolute Gasteiger partial charge is 0.238 e. The van der Waals surface area contributed by atoms with Gasteiger partial charge in [0.15, 0.2) is 0 Å². The number of anilines is 1. The number of nitrogens with zero attached hydrogens (tertiary/aromatic N) is 1. The van der Waals surface area contributed by atoms with Gasteiger partial charge in [0.1, 0.15) is 5.82 Å². The van der Waals surface area contributed by atoms with E-state index in [0.717, 1.165) is 25.9 Å². The van der Waals surface area contributed by atoms with Crippen molar-refractivity contribution in [1.29, 1.82) is 0 Å². The van der Waals surface area contributed by atoms with Crippen LogP contribution in [0.25, 0.3) is 0 Å². The van der Waals surface area contributed by atoms with E-state index in [4.69, 9.17) is 16.7 Å². The molecule has 110 valence electrons. The maximum Gasteiger partial charge on any atom is 0.238 e. The van der Waals surface area contributed by atoms with Gasteiger partial charge < -0.3 is 10.4 Å². The average Bonchev–Trinajstić information content (AvgIpc) is 2.42. The fraction of sp³-hybridized carbons (Fsp3) is 0.500. The normalized spacial score (nSPS) is 19.9. The molecule has 0 spiro atoms. The predicted octanol–water partition coefficient (Wildman–Crippen LogP) is 2.12. The molecule has 1 aromatic carbocycles. The van der Waals surface area contributed by atoms with Gasteiger partial charge in [0, 0.05) is 13.2 Å². The molecule has 1 fully saturated rings. The largest absolute Gasteiger partial charge is 0.396 e. The number of benzene rings is 1. The molecule has 0 aromatic heterocycles. The van der Waals surface area contributed by atoms with Gasteiger partial charge in [0.2, 0.25) is 5.91 Å². The second-order valence-corrected chi connectivity index (χ2v) is 5.51. The summed E-state index contributed by atoms with van der Waals surface area (Å²) in [5, 5.41) is 12.0. The lowest BCUT2D eigenvalue weighted by molar-refractivity contribution is -0.117. The lowest BCUT2D eigenvalue weighted by Gasteiger charge is -2.31. The summed E-state index contributed by atoms with van der Waals surface area (Å²) in [7, 11) is 0. The van der Waals surface area contributed by atoms with Crippen molar-refractivity contribution in [2.75, 3.05) is 31.6 Å². The van der Waals surface area contributed by atoms with Gasteiger partial charge in [-0.1, -0.05) is 11.6 Å². The topological polar surface area (TPSA) is 52.6 Å². The van der Waals surface area contributed by atoms with E-state index in [1.165, 1.54) is 18.2 Å². The van der Waals surface area contributed by atoms with Crippen molar-refractivity contribution in [1.82, 2.24) is 4.90 Å². The Bertz CT molecular complexity index is 484. The molecule has 20 heavy (non-hydrogen) atoms. The number of aliphatic hydroxyl groups is 1. The Labute approximate surface area is 122 Å². The number of piperidine rings is 1. The highest BCUT2D eigenvalue weighted by molar-refractivity contribution is 6.33. The van der Waals surface area contributed by atoms with Crippen molar-refractivity contribution in [2.24, 2.45) is 5.92 Å². The zero-order valence-corrected chi connectivity index (χ0v) is 11.9. The molecule has 1 saturated heterocycles. The standard InChI is InChI=1S/C14H18ClFN2O2/c15-12-6-11(16)3-4-13(12)17-14(20)8-18-5-1-2-10(7-18)9-19/h3-4,6,10,19H,1-2,5,7-9H2,(H,17,20). The van der Waals surface area contributed by atoms with Crippen LogP contribution in [-0.2, 0) is 4.79 Å². The third-order valence-corrected chi connectivity index (χ3v) is 3.75. The van der Waals surface area contributed by atoms with Crippen LogP contribution in [0.1, 0.15) is 12.8 Å². The Morgan fingerprint density at radius 1 is 1.55 bits per heavy atom. The van der Waals surface area contributed by atoms with E-state index in [1.54, 1.807) is 0 Å². The summed E-state index contributed by atoms with van der Waals surface area (Å²) in [5.41, 5.74) is 0.411. The quantitative estimate of drug-likeness (QED) is 0.895. The number of hydrogen-bond acceptors (Lipinski definition) is 3. The number of amides is 1. The minimum absolute atomic E-state index is 0.155. The molecule has 0 aliphatic carbocycles. The summed E-state index contributed by atoms with van der Waals surface area (Å²) < 4.78 is 12.9. The minimum Gasteiger partial charge on any atom is -0.396 e. The third kappa shape index (κ3) is 4.16. The van der Waals surface area contributed by atoms with Crippen LogP contribution in [0.15, 0.2) is 18.2 Å². The molecule has 1 aliphatic rings. The Hall–Kier alpha value is -1.17. The molecular weight excluding hydrogens is 283 g/mol. The zero-order chi connectivity index (χ0) is 14.5. The van der Waals surface area contributed by atoms with Gasteiger partial charge in [-0.25, -0.2) is 4.39 Å². The monoisotopic (exact) mass is 300 g/mol. The molecule has 0 saturated carbocycles. The van der Waals surface area contributed by atoms with Crippen LogP contribution in [0.4, 0.5) is 10.1 Å². The second kappa shape index (κ2) is 7.02. The van der Waals surface area contributed by atoms with Crippen LogP contribution in [0, 0.1) is 11.7 Å². The van der Waals surface area contributed by atoms with Crippen molar-refractivity contribution >= 4 is 23.2 Å². The van der Waals surface area contributed by atoms with E-state index in [0.29, 0.717) is 5.69 Å². The number of carbonyl (C=O) groups excluding carboxylic acids is 1. The number of nitrogens with one attached hydrogen (secondary N) is 1. The molecule has 0 radical (unpaired) electrons. The predicted molar refractivity (Wildman–Crippen MR) is 76.3 cm³/mol. The Morgan fingerprint density at radius 2 is 2.35 bits per heavy atom. The molecule has 2 rings (SSSR count). The first kappa shape index (κ1) is 15.2. The highest BCUT2D eigenvalue weighted by atomic mass is 35.5.